The lowest BCUT2D eigenvalue weighted by Crippen LogP contribution is -2.09. The average molecular weight is 238 g/mol. The number of hydrogen-bond donors (Lipinski definition) is 2. The number of fused-ring (bicyclic) bond motifs is 1. The topological polar surface area (TPSA) is 59.6 Å². The predicted octanol–water partition coefficient (Wildman–Crippen LogP) is 1.87. The van der Waals surface area contributed by atoms with Gasteiger partial charge in [0, 0.05) is 4.88 Å². The molecule has 0 fully saturated rings. The van der Waals surface area contributed by atoms with E-state index in [1.807, 2.05) is 0 Å². The summed E-state index contributed by atoms with van der Waals surface area (Å²) in [5.41, 5.74) is 1.45. The average Bonchev–Trinajstić information content (AvgIpc) is 2.82. The minimum Gasteiger partial charge on any atom is -0.335 e. The second-order valence-corrected chi connectivity index (χ2v) is 5.16. The molecule has 0 atom stereocenters. The van der Waals surface area contributed by atoms with Crippen molar-refractivity contribution in [1.29, 1.82) is 0 Å². The van der Waals surface area contributed by atoms with Gasteiger partial charge in [-0.1, -0.05) is 0 Å². The smallest absolute Gasteiger partial charge is 0.214 e. The van der Waals surface area contributed by atoms with Crippen molar-refractivity contribution in [3.8, 4) is 10.7 Å². The van der Waals surface area contributed by atoms with E-state index in [9.17, 15) is 0 Å². The zero-order valence-electron chi connectivity index (χ0n) is 7.99. The van der Waals surface area contributed by atoms with Gasteiger partial charge in [-0.25, -0.2) is 9.77 Å². The molecule has 0 saturated heterocycles. The van der Waals surface area contributed by atoms with Gasteiger partial charge in [-0.15, -0.1) is 11.3 Å². The standard InChI is InChI=1S/C9H10N4S2/c10-13-8(11-12-9(13)14)7-4-5-2-1-3-6(5)15-7/h4H,1-3,10H2,(H,12,14). The van der Waals surface area contributed by atoms with Crippen LogP contribution in [0.25, 0.3) is 10.7 Å². The molecule has 4 nitrogen and oxygen atoms in total. The molecule has 0 amide bonds. The molecular weight excluding hydrogens is 228 g/mol. The van der Waals surface area contributed by atoms with Crippen LogP contribution in [-0.2, 0) is 12.8 Å². The Morgan fingerprint density at radius 1 is 1.53 bits per heavy atom. The Morgan fingerprint density at radius 2 is 2.40 bits per heavy atom. The SMILES string of the molecule is Nn1c(-c2cc3c(s2)CCC3)n[nH]c1=S. The minimum absolute atomic E-state index is 0.457. The first-order chi connectivity index (χ1) is 7.25. The highest BCUT2D eigenvalue weighted by atomic mass is 32.1. The highest BCUT2D eigenvalue weighted by Gasteiger charge is 2.17. The lowest BCUT2D eigenvalue weighted by molar-refractivity contribution is 0.914. The number of hydrogen-bond acceptors (Lipinski definition) is 4. The van der Waals surface area contributed by atoms with Crippen LogP contribution >= 0.6 is 23.6 Å². The molecule has 2 aromatic heterocycles. The van der Waals surface area contributed by atoms with E-state index in [1.165, 1.54) is 34.4 Å². The molecule has 0 saturated carbocycles. The maximum atomic E-state index is 5.78. The van der Waals surface area contributed by atoms with Crippen molar-refractivity contribution in [2.45, 2.75) is 19.3 Å². The molecule has 2 aromatic rings. The van der Waals surface area contributed by atoms with Gasteiger partial charge >= 0.3 is 0 Å². The van der Waals surface area contributed by atoms with Crippen LogP contribution in [0, 0.1) is 4.77 Å². The first-order valence-corrected chi connectivity index (χ1v) is 6.02. The van der Waals surface area contributed by atoms with Crippen LogP contribution in [-0.4, -0.2) is 14.9 Å². The molecule has 0 spiro atoms. The molecule has 3 rings (SSSR count). The number of aryl methyl sites for hydroxylation is 2. The molecule has 0 aliphatic heterocycles. The molecule has 0 bridgehead atoms. The number of nitrogens with two attached hydrogens (primary N) is 1. The lowest BCUT2D eigenvalue weighted by Gasteiger charge is -1.95. The van der Waals surface area contributed by atoms with Crippen molar-refractivity contribution in [3.05, 3.63) is 21.3 Å². The van der Waals surface area contributed by atoms with Crippen LogP contribution in [0.1, 0.15) is 16.9 Å². The minimum atomic E-state index is 0.457. The van der Waals surface area contributed by atoms with Gasteiger partial charge in [-0.2, -0.15) is 5.10 Å². The molecule has 2 heterocycles. The van der Waals surface area contributed by atoms with Gasteiger partial charge in [0.2, 0.25) is 4.77 Å². The fourth-order valence-corrected chi connectivity index (χ4v) is 3.29. The van der Waals surface area contributed by atoms with Crippen molar-refractivity contribution in [1.82, 2.24) is 14.9 Å². The third kappa shape index (κ3) is 1.32. The Labute approximate surface area is 95.7 Å². The van der Waals surface area contributed by atoms with Crippen LogP contribution in [0.15, 0.2) is 6.07 Å². The predicted molar refractivity (Wildman–Crippen MR) is 62.9 cm³/mol. The molecule has 0 unspecified atom stereocenters. The summed E-state index contributed by atoms with van der Waals surface area (Å²) in [6.07, 6.45) is 3.65. The van der Waals surface area contributed by atoms with Crippen LogP contribution in [0.2, 0.25) is 0 Å². The Hall–Kier alpha value is -1.14. The van der Waals surface area contributed by atoms with E-state index in [1.54, 1.807) is 11.3 Å². The molecule has 15 heavy (non-hydrogen) atoms. The summed E-state index contributed by atoms with van der Waals surface area (Å²) in [6, 6.07) is 2.18. The van der Waals surface area contributed by atoms with Crippen LogP contribution in [0.5, 0.6) is 0 Å². The Kier molecular flexibility index (Phi) is 1.93. The Morgan fingerprint density at radius 3 is 3.07 bits per heavy atom. The van der Waals surface area contributed by atoms with E-state index in [2.05, 4.69) is 16.3 Å². The van der Waals surface area contributed by atoms with Gasteiger partial charge < -0.3 is 5.84 Å². The number of nitrogens with zero attached hydrogens (tertiary/aromatic N) is 2. The quantitative estimate of drug-likeness (QED) is 0.589. The molecule has 0 aromatic carbocycles. The van der Waals surface area contributed by atoms with Gasteiger partial charge in [0.25, 0.3) is 0 Å². The summed E-state index contributed by atoms with van der Waals surface area (Å²) in [7, 11) is 0. The van der Waals surface area contributed by atoms with Crippen LogP contribution < -0.4 is 5.84 Å². The molecule has 3 N–H and O–H groups in total. The number of nitrogens with one attached hydrogen (secondary N) is 1. The number of aromatic amines is 1. The number of thiophene rings is 1. The van der Waals surface area contributed by atoms with Crippen molar-refractivity contribution in [2.24, 2.45) is 0 Å². The lowest BCUT2D eigenvalue weighted by atomic mass is 10.2. The van der Waals surface area contributed by atoms with Crippen molar-refractivity contribution < 1.29 is 0 Å². The zero-order valence-corrected chi connectivity index (χ0v) is 9.62. The highest BCUT2D eigenvalue weighted by Crippen LogP contribution is 2.35. The monoisotopic (exact) mass is 238 g/mol. The summed E-state index contributed by atoms with van der Waals surface area (Å²) in [6.45, 7) is 0. The van der Waals surface area contributed by atoms with Gasteiger partial charge in [0.15, 0.2) is 5.82 Å². The molecule has 0 radical (unpaired) electrons. The van der Waals surface area contributed by atoms with E-state index in [0.29, 0.717) is 4.77 Å². The first kappa shape index (κ1) is 9.11. The van der Waals surface area contributed by atoms with Crippen molar-refractivity contribution >= 4 is 23.6 Å². The molecule has 1 aliphatic rings. The maximum Gasteiger partial charge on any atom is 0.214 e. The second kappa shape index (κ2) is 3.18. The molecule has 78 valence electrons. The normalized spacial score (nSPS) is 14.4. The van der Waals surface area contributed by atoms with Crippen molar-refractivity contribution in [2.75, 3.05) is 5.84 Å². The summed E-state index contributed by atoms with van der Waals surface area (Å²) < 4.78 is 1.88. The largest absolute Gasteiger partial charge is 0.335 e. The van der Waals surface area contributed by atoms with Crippen molar-refractivity contribution in [3.63, 3.8) is 0 Å². The number of nitrogen functional groups attached to an aromatic ring is 1. The number of rotatable bonds is 1. The Balaban J connectivity index is 2.13. The fraction of sp³-hybridized carbons (Fsp3) is 0.333. The van der Waals surface area contributed by atoms with Gasteiger partial charge in [-0.3, -0.25) is 0 Å². The summed E-state index contributed by atoms with van der Waals surface area (Å²) in [5, 5.41) is 6.83. The van der Waals surface area contributed by atoms with Gasteiger partial charge in [0.05, 0.1) is 4.88 Å². The second-order valence-electron chi connectivity index (χ2n) is 3.63. The zero-order chi connectivity index (χ0) is 10.4. The number of H-pyrrole nitrogens is 1. The fourth-order valence-electron chi connectivity index (χ4n) is 1.92. The van der Waals surface area contributed by atoms with E-state index >= 15 is 0 Å². The highest BCUT2D eigenvalue weighted by molar-refractivity contribution is 7.71. The van der Waals surface area contributed by atoms with Gasteiger partial charge in [0.1, 0.15) is 0 Å². The summed E-state index contributed by atoms with van der Waals surface area (Å²) in [5.74, 6) is 6.51. The van der Waals surface area contributed by atoms with Crippen LogP contribution in [0.4, 0.5) is 0 Å². The van der Waals surface area contributed by atoms with Gasteiger partial charge in [-0.05, 0) is 43.1 Å². The van der Waals surface area contributed by atoms with E-state index in [4.69, 9.17) is 18.1 Å². The van der Waals surface area contributed by atoms with E-state index < -0.39 is 0 Å². The third-order valence-corrected chi connectivity index (χ3v) is 4.19. The molecular formula is C9H10N4S2. The first-order valence-electron chi connectivity index (χ1n) is 4.80. The van der Waals surface area contributed by atoms with E-state index in [0.717, 1.165) is 10.7 Å². The van der Waals surface area contributed by atoms with E-state index in [-0.39, 0.29) is 0 Å². The van der Waals surface area contributed by atoms with Crippen LogP contribution in [0.3, 0.4) is 0 Å². The molecule has 1 aliphatic carbocycles. The third-order valence-electron chi connectivity index (χ3n) is 2.67. The summed E-state index contributed by atoms with van der Waals surface area (Å²) >= 11 is 6.75. The summed E-state index contributed by atoms with van der Waals surface area (Å²) in [4.78, 5) is 2.58. The number of aromatic nitrogens is 3. The Bertz CT molecular complexity index is 541. The maximum absolute atomic E-state index is 5.78. The molecule has 6 heteroatoms.